The number of nitrogens with two attached hydrogens (primary N) is 1. The summed E-state index contributed by atoms with van der Waals surface area (Å²) in [7, 11) is 0. The van der Waals surface area contributed by atoms with Gasteiger partial charge in [0.2, 0.25) is 5.91 Å². The molecule has 1 aromatic rings. The summed E-state index contributed by atoms with van der Waals surface area (Å²) in [6, 6.07) is 0. The molecule has 0 saturated heterocycles. The van der Waals surface area contributed by atoms with Crippen molar-refractivity contribution in [1.29, 1.82) is 0 Å². The van der Waals surface area contributed by atoms with Crippen LogP contribution in [0.2, 0.25) is 0 Å². The molecular weight excluding hydrogens is 308 g/mol. The second-order valence-electron chi connectivity index (χ2n) is 7.07. The predicted molar refractivity (Wildman–Crippen MR) is 92.7 cm³/mol. The molecule has 0 spiro atoms. The molecule has 0 aromatic carbocycles. The number of amides is 2. The van der Waals surface area contributed by atoms with Gasteiger partial charge in [0.15, 0.2) is 0 Å². The number of thiophene rings is 1. The Bertz CT molecular complexity index is 539. The van der Waals surface area contributed by atoms with Crippen LogP contribution in [0, 0.1) is 11.8 Å². The quantitative estimate of drug-likeness (QED) is 0.862. The molecule has 4 nitrogen and oxygen atoms in total. The molecule has 1 heterocycles. The largest absolute Gasteiger partial charge is 0.366 e. The molecule has 3 rings (SSSR count). The second-order valence-corrected chi connectivity index (χ2v) is 7.82. The van der Waals surface area contributed by atoms with Crippen LogP contribution in [0.3, 0.4) is 0 Å². The van der Waals surface area contributed by atoms with Crippen molar-refractivity contribution in [2.75, 3.05) is 13.1 Å². The molecular formula is C18H26N2O2S. The zero-order chi connectivity index (χ0) is 16.2. The Morgan fingerprint density at radius 3 is 1.91 bits per heavy atom. The summed E-state index contributed by atoms with van der Waals surface area (Å²) in [6.07, 6.45) is 10.0. The molecule has 1 aromatic heterocycles. The maximum Gasteiger partial charge on any atom is 0.255 e. The van der Waals surface area contributed by atoms with Crippen molar-refractivity contribution in [1.82, 2.24) is 4.90 Å². The highest BCUT2D eigenvalue weighted by atomic mass is 32.1. The Morgan fingerprint density at radius 2 is 1.43 bits per heavy atom. The third kappa shape index (κ3) is 3.94. The molecule has 0 radical (unpaired) electrons. The summed E-state index contributed by atoms with van der Waals surface area (Å²) >= 11 is 1.38. The van der Waals surface area contributed by atoms with Gasteiger partial charge in [0.25, 0.3) is 5.91 Å². The Hall–Kier alpha value is -1.36. The van der Waals surface area contributed by atoms with Crippen LogP contribution in [0.5, 0.6) is 0 Å². The first-order valence-electron chi connectivity index (χ1n) is 8.80. The van der Waals surface area contributed by atoms with E-state index in [1.807, 2.05) is 4.90 Å². The fraction of sp³-hybridized carbons (Fsp3) is 0.667. The molecule has 2 N–H and O–H groups in total. The molecule has 0 aliphatic heterocycles. The lowest BCUT2D eigenvalue weighted by atomic mass is 10.0. The zero-order valence-corrected chi connectivity index (χ0v) is 14.4. The van der Waals surface area contributed by atoms with Crippen LogP contribution in [0.1, 0.15) is 72.1 Å². The third-order valence-corrected chi connectivity index (χ3v) is 6.10. The first-order chi connectivity index (χ1) is 11.1. The van der Waals surface area contributed by atoms with Crippen LogP contribution >= 0.6 is 11.3 Å². The molecule has 2 saturated carbocycles. The summed E-state index contributed by atoms with van der Waals surface area (Å²) in [4.78, 5) is 26.6. The normalized spacial score (nSPS) is 19.3. The first kappa shape index (κ1) is 16.5. The number of hydrogen-bond acceptors (Lipinski definition) is 3. The molecule has 2 aliphatic carbocycles. The molecule has 0 atom stereocenters. The average molecular weight is 334 g/mol. The monoisotopic (exact) mass is 334 g/mol. The summed E-state index contributed by atoms with van der Waals surface area (Å²) in [5.41, 5.74) is 6.30. The van der Waals surface area contributed by atoms with Crippen molar-refractivity contribution in [2.45, 2.75) is 51.4 Å². The molecule has 23 heavy (non-hydrogen) atoms. The Balaban J connectivity index is 1.75. The molecule has 0 unspecified atom stereocenters. The van der Waals surface area contributed by atoms with E-state index in [9.17, 15) is 9.59 Å². The summed E-state index contributed by atoms with van der Waals surface area (Å²) in [5, 5.41) is 3.47. The van der Waals surface area contributed by atoms with Crippen molar-refractivity contribution in [3.05, 3.63) is 21.9 Å². The van der Waals surface area contributed by atoms with Crippen LogP contribution < -0.4 is 5.73 Å². The second kappa shape index (κ2) is 7.47. The first-order valence-corrected chi connectivity index (χ1v) is 9.74. The number of carbonyl (C=O) groups is 2. The standard InChI is InChI=1S/C18H26N2O2S/c19-17(21)15-11-23-12-16(15)18(22)20(9-13-5-1-2-6-13)10-14-7-3-4-8-14/h11-14H,1-10H2,(H2,19,21). The van der Waals surface area contributed by atoms with Crippen molar-refractivity contribution in [2.24, 2.45) is 17.6 Å². The van der Waals surface area contributed by atoms with Crippen molar-refractivity contribution >= 4 is 23.2 Å². The van der Waals surface area contributed by atoms with Crippen molar-refractivity contribution in [3.8, 4) is 0 Å². The zero-order valence-electron chi connectivity index (χ0n) is 13.6. The van der Waals surface area contributed by atoms with Gasteiger partial charge in [-0.05, 0) is 37.5 Å². The number of carbonyl (C=O) groups excluding carboxylic acids is 2. The number of rotatable bonds is 6. The van der Waals surface area contributed by atoms with Gasteiger partial charge < -0.3 is 10.6 Å². The Kier molecular flexibility index (Phi) is 5.36. The molecule has 126 valence electrons. The van der Waals surface area contributed by atoms with E-state index >= 15 is 0 Å². The maximum atomic E-state index is 13.0. The summed E-state index contributed by atoms with van der Waals surface area (Å²) < 4.78 is 0. The molecule has 2 amide bonds. The summed E-state index contributed by atoms with van der Waals surface area (Å²) in [5.74, 6) is 0.738. The van der Waals surface area contributed by atoms with Gasteiger partial charge in [-0.25, -0.2) is 0 Å². The highest BCUT2D eigenvalue weighted by Gasteiger charge is 2.28. The van der Waals surface area contributed by atoms with E-state index in [-0.39, 0.29) is 5.91 Å². The van der Waals surface area contributed by atoms with E-state index < -0.39 is 5.91 Å². The molecule has 5 heteroatoms. The SMILES string of the molecule is NC(=O)c1cscc1C(=O)N(CC1CCCC1)CC1CCCC1. The van der Waals surface area contributed by atoms with Crippen molar-refractivity contribution < 1.29 is 9.59 Å². The number of hydrogen-bond donors (Lipinski definition) is 1. The van der Waals surface area contributed by atoms with Crippen LogP contribution in [0.15, 0.2) is 10.8 Å². The number of nitrogens with zero attached hydrogens (tertiary/aromatic N) is 1. The smallest absolute Gasteiger partial charge is 0.255 e. The summed E-state index contributed by atoms with van der Waals surface area (Å²) in [6.45, 7) is 1.67. The maximum absolute atomic E-state index is 13.0. The van der Waals surface area contributed by atoms with Gasteiger partial charge in [0, 0.05) is 23.8 Å². The van der Waals surface area contributed by atoms with Gasteiger partial charge in [0.1, 0.15) is 0 Å². The van der Waals surface area contributed by atoms with E-state index in [0.29, 0.717) is 23.0 Å². The van der Waals surface area contributed by atoms with Gasteiger partial charge in [-0.2, -0.15) is 11.3 Å². The van der Waals surface area contributed by atoms with Gasteiger partial charge in [-0.15, -0.1) is 0 Å². The molecule has 2 aliphatic rings. The van der Waals surface area contributed by atoms with Gasteiger partial charge >= 0.3 is 0 Å². The van der Waals surface area contributed by atoms with E-state index in [0.717, 1.165) is 13.1 Å². The van der Waals surface area contributed by atoms with Gasteiger partial charge in [0.05, 0.1) is 11.1 Å². The fourth-order valence-electron chi connectivity index (χ4n) is 4.07. The van der Waals surface area contributed by atoms with E-state index in [1.165, 1.54) is 62.7 Å². The van der Waals surface area contributed by atoms with E-state index in [1.54, 1.807) is 10.8 Å². The van der Waals surface area contributed by atoms with Gasteiger partial charge in [-0.1, -0.05) is 25.7 Å². The van der Waals surface area contributed by atoms with E-state index in [4.69, 9.17) is 5.73 Å². The number of primary amides is 1. The predicted octanol–water partition coefficient (Wildman–Crippen LogP) is 3.67. The van der Waals surface area contributed by atoms with E-state index in [2.05, 4.69) is 0 Å². The molecule has 2 fully saturated rings. The Labute approximate surface area is 142 Å². The average Bonchev–Trinajstić information content (AvgIpc) is 3.28. The Morgan fingerprint density at radius 1 is 0.957 bits per heavy atom. The highest BCUT2D eigenvalue weighted by Crippen LogP contribution is 2.30. The lowest BCUT2D eigenvalue weighted by Crippen LogP contribution is -2.38. The van der Waals surface area contributed by atoms with Crippen LogP contribution in [-0.2, 0) is 0 Å². The minimum absolute atomic E-state index is 0.00106. The third-order valence-electron chi connectivity index (χ3n) is 5.35. The lowest BCUT2D eigenvalue weighted by Gasteiger charge is -2.28. The van der Waals surface area contributed by atoms with Gasteiger partial charge in [-0.3, -0.25) is 9.59 Å². The minimum Gasteiger partial charge on any atom is -0.366 e. The van der Waals surface area contributed by atoms with Crippen molar-refractivity contribution in [3.63, 3.8) is 0 Å². The lowest BCUT2D eigenvalue weighted by molar-refractivity contribution is 0.0696. The highest BCUT2D eigenvalue weighted by molar-refractivity contribution is 7.08. The topological polar surface area (TPSA) is 63.4 Å². The van der Waals surface area contributed by atoms with Crippen LogP contribution in [-0.4, -0.2) is 29.8 Å². The van der Waals surface area contributed by atoms with Crippen LogP contribution in [0.4, 0.5) is 0 Å². The fourth-order valence-corrected chi connectivity index (χ4v) is 4.88. The molecule has 0 bridgehead atoms. The minimum atomic E-state index is -0.503. The van der Waals surface area contributed by atoms with Crippen LogP contribution in [0.25, 0.3) is 0 Å².